The van der Waals surface area contributed by atoms with E-state index in [1.807, 2.05) is 0 Å². The van der Waals surface area contributed by atoms with Gasteiger partial charge in [0.05, 0.1) is 11.3 Å². The molecule has 0 aliphatic rings. The van der Waals surface area contributed by atoms with Crippen molar-refractivity contribution >= 4 is 29.2 Å². The molecule has 9 heteroatoms. The number of carboxylic acid groups (broad SMARTS) is 1. The van der Waals surface area contributed by atoms with E-state index in [2.05, 4.69) is 4.98 Å². The maximum absolute atomic E-state index is 11.9. The van der Waals surface area contributed by atoms with Crippen molar-refractivity contribution in [3.05, 3.63) is 23.0 Å². The second-order valence-electron chi connectivity index (χ2n) is 2.82. The number of aromatic carboxylic acids is 1. The van der Waals surface area contributed by atoms with Gasteiger partial charge in [0.15, 0.2) is 5.15 Å². The number of hydrogen-bond donors (Lipinski definition) is 2. The molecule has 0 aliphatic heterocycles. The molecule has 0 spiro atoms. The average molecular weight is 269 g/mol. The molecule has 17 heavy (non-hydrogen) atoms. The van der Waals surface area contributed by atoms with Crippen LogP contribution in [0.5, 0.6) is 0 Å². The van der Waals surface area contributed by atoms with Crippen molar-refractivity contribution in [3.63, 3.8) is 0 Å². The number of carbonyl (C=O) groups is 2. The summed E-state index contributed by atoms with van der Waals surface area (Å²) in [6.07, 6.45) is -4.24. The lowest BCUT2D eigenvalue weighted by molar-refractivity contribution is -0.167. The molecular formula is C8H4ClF3N2O3. The van der Waals surface area contributed by atoms with Gasteiger partial charge in [0.1, 0.15) is 0 Å². The molecule has 0 atom stereocenters. The van der Waals surface area contributed by atoms with Crippen molar-refractivity contribution in [1.29, 1.82) is 0 Å². The molecule has 92 valence electrons. The Bertz CT molecular complexity index is 476. The molecule has 0 bridgehead atoms. The summed E-state index contributed by atoms with van der Waals surface area (Å²) < 4.78 is 35.8. The molecule has 0 unspecified atom stereocenters. The quantitative estimate of drug-likeness (QED) is 0.803. The van der Waals surface area contributed by atoms with E-state index in [0.29, 0.717) is 0 Å². The second-order valence-corrected chi connectivity index (χ2v) is 3.18. The highest BCUT2D eigenvalue weighted by Gasteiger charge is 2.39. The molecule has 0 aliphatic carbocycles. The van der Waals surface area contributed by atoms with Crippen LogP contribution in [0.2, 0.25) is 5.15 Å². The highest BCUT2D eigenvalue weighted by Crippen LogP contribution is 2.23. The van der Waals surface area contributed by atoms with E-state index in [1.165, 1.54) is 5.32 Å². The van der Waals surface area contributed by atoms with E-state index in [9.17, 15) is 22.8 Å². The van der Waals surface area contributed by atoms with Crippen LogP contribution >= 0.6 is 11.6 Å². The molecule has 1 aromatic heterocycles. The molecule has 1 rings (SSSR count). The van der Waals surface area contributed by atoms with Crippen molar-refractivity contribution in [2.24, 2.45) is 0 Å². The molecule has 0 fully saturated rings. The first kappa shape index (κ1) is 13.2. The zero-order chi connectivity index (χ0) is 13.2. The number of anilines is 1. The van der Waals surface area contributed by atoms with Gasteiger partial charge in [-0.1, -0.05) is 11.6 Å². The van der Waals surface area contributed by atoms with Gasteiger partial charge in [-0.05, 0) is 6.07 Å². The fourth-order valence-corrected chi connectivity index (χ4v) is 0.996. The first-order chi connectivity index (χ1) is 7.71. The molecule has 1 heterocycles. The predicted octanol–water partition coefficient (Wildman–Crippen LogP) is 1.93. The number of pyridine rings is 1. The van der Waals surface area contributed by atoms with Crippen molar-refractivity contribution in [2.75, 3.05) is 5.32 Å². The normalized spacial score (nSPS) is 11.1. The lowest BCUT2D eigenvalue weighted by Crippen LogP contribution is -2.30. The van der Waals surface area contributed by atoms with Crippen molar-refractivity contribution in [2.45, 2.75) is 6.18 Å². The van der Waals surface area contributed by atoms with Crippen molar-refractivity contribution in [3.8, 4) is 0 Å². The van der Waals surface area contributed by atoms with Gasteiger partial charge in [-0.15, -0.1) is 0 Å². The minimum Gasteiger partial charge on any atom is -0.478 e. The molecular weight excluding hydrogens is 265 g/mol. The van der Waals surface area contributed by atoms with E-state index in [1.54, 1.807) is 0 Å². The summed E-state index contributed by atoms with van der Waals surface area (Å²) in [6.45, 7) is 0. The molecule has 0 aromatic carbocycles. The summed E-state index contributed by atoms with van der Waals surface area (Å²) >= 11 is 5.41. The zero-order valence-electron chi connectivity index (χ0n) is 7.88. The smallest absolute Gasteiger partial charge is 0.471 e. The number of aromatic nitrogens is 1. The molecule has 0 saturated carbocycles. The predicted molar refractivity (Wildman–Crippen MR) is 50.9 cm³/mol. The van der Waals surface area contributed by atoms with Crippen LogP contribution in [-0.2, 0) is 4.79 Å². The minimum atomic E-state index is -5.09. The van der Waals surface area contributed by atoms with Gasteiger partial charge in [0.2, 0.25) is 0 Å². The zero-order valence-corrected chi connectivity index (χ0v) is 8.63. The van der Waals surface area contributed by atoms with Crippen LogP contribution in [0.3, 0.4) is 0 Å². The molecule has 0 radical (unpaired) electrons. The number of rotatable bonds is 2. The average Bonchev–Trinajstić information content (AvgIpc) is 2.19. The molecule has 5 nitrogen and oxygen atoms in total. The Hall–Kier alpha value is -1.83. The topological polar surface area (TPSA) is 79.3 Å². The first-order valence-corrected chi connectivity index (χ1v) is 4.36. The number of carbonyl (C=O) groups excluding carboxylic acids is 1. The highest BCUT2D eigenvalue weighted by atomic mass is 35.5. The highest BCUT2D eigenvalue weighted by molar-refractivity contribution is 6.32. The minimum absolute atomic E-state index is 0.396. The van der Waals surface area contributed by atoms with E-state index in [0.717, 1.165) is 12.3 Å². The number of nitrogens with one attached hydrogen (secondary N) is 1. The third kappa shape index (κ3) is 3.31. The summed E-state index contributed by atoms with van der Waals surface area (Å²) in [7, 11) is 0. The van der Waals surface area contributed by atoms with Crippen LogP contribution in [-0.4, -0.2) is 28.1 Å². The van der Waals surface area contributed by atoms with E-state index >= 15 is 0 Å². The van der Waals surface area contributed by atoms with E-state index in [4.69, 9.17) is 16.7 Å². The Morgan fingerprint density at radius 3 is 2.47 bits per heavy atom. The van der Waals surface area contributed by atoms with Crippen LogP contribution < -0.4 is 5.32 Å². The lowest BCUT2D eigenvalue weighted by Gasteiger charge is -2.09. The number of amides is 1. The summed E-state index contributed by atoms with van der Waals surface area (Å²) in [4.78, 5) is 24.5. The Morgan fingerprint density at radius 1 is 1.41 bits per heavy atom. The van der Waals surface area contributed by atoms with Gasteiger partial charge in [-0.3, -0.25) is 4.79 Å². The largest absolute Gasteiger partial charge is 0.478 e. The number of carboxylic acids is 1. The summed E-state index contributed by atoms with van der Waals surface area (Å²) in [6, 6.07) is 0.779. The number of alkyl halides is 3. The third-order valence-electron chi connectivity index (χ3n) is 1.59. The molecule has 1 aromatic rings. The fraction of sp³-hybridized carbons (Fsp3) is 0.125. The van der Waals surface area contributed by atoms with Crippen molar-refractivity contribution in [1.82, 2.24) is 4.98 Å². The number of nitrogens with zero attached hydrogens (tertiary/aromatic N) is 1. The van der Waals surface area contributed by atoms with Crippen LogP contribution in [0.4, 0.5) is 18.9 Å². The number of hydrogen-bond acceptors (Lipinski definition) is 3. The Balaban J connectivity index is 3.02. The Labute approximate surface area is 97.2 Å². The lowest BCUT2D eigenvalue weighted by atomic mass is 10.2. The van der Waals surface area contributed by atoms with Gasteiger partial charge in [0.25, 0.3) is 0 Å². The van der Waals surface area contributed by atoms with Crippen LogP contribution in [0.15, 0.2) is 12.3 Å². The van der Waals surface area contributed by atoms with Gasteiger partial charge >= 0.3 is 18.1 Å². The van der Waals surface area contributed by atoms with Gasteiger partial charge in [-0.25, -0.2) is 9.78 Å². The van der Waals surface area contributed by atoms with E-state index in [-0.39, 0.29) is 0 Å². The monoisotopic (exact) mass is 268 g/mol. The van der Waals surface area contributed by atoms with Crippen LogP contribution in [0.25, 0.3) is 0 Å². The molecule has 0 saturated heterocycles. The van der Waals surface area contributed by atoms with Crippen molar-refractivity contribution < 1.29 is 27.9 Å². The van der Waals surface area contributed by atoms with Crippen LogP contribution in [0, 0.1) is 0 Å². The van der Waals surface area contributed by atoms with Gasteiger partial charge in [-0.2, -0.15) is 13.2 Å². The number of halogens is 4. The fourth-order valence-electron chi connectivity index (χ4n) is 0.846. The molecule has 2 N–H and O–H groups in total. The maximum Gasteiger partial charge on any atom is 0.471 e. The summed E-state index contributed by atoms with van der Waals surface area (Å²) in [5, 5.41) is 9.56. The summed E-state index contributed by atoms with van der Waals surface area (Å²) in [5.41, 5.74) is -0.916. The Kier molecular flexibility index (Phi) is 3.56. The SMILES string of the molecule is O=C(O)c1cnc(Cl)c(NC(=O)C(F)(F)F)c1. The van der Waals surface area contributed by atoms with Crippen LogP contribution in [0.1, 0.15) is 10.4 Å². The third-order valence-corrected chi connectivity index (χ3v) is 1.89. The van der Waals surface area contributed by atoms with Gasteiger partial charge in [0, 0.05) is 6.20 Å². The Morgan fingerprint density at radius 2 is 2.00 bits per heavy atom. The van der Waals surface area contributed by atoms with Gasteiger partial charge < -0.3 is 10.4 Å². The van der Waals surface area contributed by atoms with E-state index < -0.39 is 34.5 Å². The molecule has 1 amide bonds. The summed E-state index contributed by atoms with van der Waals surface area (Å²) in [5.74, 6) is -3.67. The second kappa shape index (κ2) is 4.58. The standard InChI is InChI=1S/C8H4ClF3N2O3/c9-5-4(14-7(17)8(10,11)12)1-3(2-13-5)6(15)16/h1-2H,(H,14,17)(H,15,16). The first-order valence-electron chi connectivity index (χ1n) is 3.99. The maximum atomic E-state index is 11.9.